The van der Waals surface area contributed by atoms with Crippen molar-refractivity contribution in [3.63, 3.8) is 0 Å². The van der Waals surface area contributed by atoms with Crippen LogP contribution in [0.15, 0.2) is 30.3 Å². The Morgan fingerprint density at radius 3 is 2.89 bits per heavy atom. The molecule has 0 aromatic heterocycles. The summed E-state index contributed by atoms with van der Waals surface area (Å²) in [5.41, 5.74) is 1.25. The predicted octanol–water partition coefficient (Wildman–Crippen LogP) is 2.51. The molecule has 4 heteroatoms. The first kappa shape index (κ1) is 14.0. The maximum atomic E-state index is 5.79. The van der Waals surface area contributed by atoms with Gasteiger partial charge in [-0.2, -0.15) is 0 Å². The van der Waals surface area contributed by atoms with Crippen molar-refractivity contribution in [2.75, 3.05) is 20.5 Å². The minimum atomic E-state index is 0.385. The summed E-state index contributed by atoms with van der Waals surface area (Å²) in [6.07, 6.45) is 1.51. The number of rotatable bonds is 7. The van der Waals surface area contributed by atoms with Crippen LogP contribution in [0.4, 0.5) is 0 Å². The number of hydrogen-bond acceptors (Lipinski definition) is 3. The molecule has 1 aromatic carbocycles. The van der Waals surface area contributed by atoms with Crippen LogP contribution >= 0.6 is 0 Å². The van der Waals surface area contributed by atoms with Crippen LogP contribution in [-0.4, -0.2) is 41.6 Å². The van der Waals surface area contributed by atoms with Crippen molar-refractivity contribution < 1.29 is 14.2 Å². The Hall–Kier alpha value is -0.381. The molecule has 0 amide bonds. The second-order valence-electron chi connectivity index (χ2n) is 4.39. The standard InChI is InChI=1S/C14H20O3Se/c1-15-11-17-13-7-14(18-10-13)9-16-8-12-5-3-2-4-6-12/h2-6,13-14H,7-11H2,1H3/t13-,14+/m0/s1. The average Bonchev–Trinajstić information content (AvgIpc) is 2.85. The summed E-state index contributed by atoms with van der Waals surface area (Å²) in [7, 11) is 1.67. The third-order valence-electron chi connectivity index (χ3n) is 2.88. The Balaban J connectivity index is 1.60. The monoisotopic (exact) mass is 316 g/mol. The summed E-state index contributed by atoms with van der Waals surface area (Å²) in [4.78, 5) is 0.697. The number of benzene rings is 1. The zero-order chi connectivity index (χ0) is 12.6. The van der Waals surface area contributed by atoms with Gasteiger partial charge in [0, 0.05) is 0 Å². The van der Waals surface area contributed by atoms with Gasteiger partial charge in [-0.25, -0.2) is 0 Å². The first-order chi connectivity index (χ1) is 8.88. The van der Waals surface area contributed by atoms with E-state index in [0.29, 0.717) is 32.7 Å². The molecule has 0 radical (unpaired) electrons. The molecule has 1 aliphatic rings. The van der Waals surface area contributed by atoms with Crippen molar-refractivity contribution in [3.05, 3.63) is 35.9 Å². The van der Waals surface area contributed by atoms with Gasteiger partial charge in [0.2, 0.25) is 0 Å². The van der Waals surface area contributed by atoms with Crippen LogP contribution in [0.2, 0.25) is 10.1 Å². The minimum absolute atomic E-state index is 0.385. The summed E-state index contributed by atoms with van der Waals surface area (Å²) in [6.45, 7) is 2.00. The second kappa shape index (κ2) is 7.92. The van der Waals surface area contributed by atoms with Gasteiger partial charge < -0.3 is 0 Å². The number of hydrogen-bond donors (Lipinski definition) is 0. The van der Waals surface area contributed by atoms with Crippen molar-refractivity contribution in [2.45, 2.75) is 29.3 Å². The molecule has 1 fully saturated rings. The Morgan fingerprint density at radius 1 is 1.28 bits per heavy atom. The van der Waals surface area contributed by atoms with Gasteiger partial charge in [0.25, 0.3) is 0 Å². The van der Waals surface area contributed by atoms with Crippen LogP contribution in [-0.2, 0) is 20.8 Å². The molecule has 0 bridgehead atoms. The maximum absolute atomic E-state index is 5.79. The van der Waals surface area contributed by atoms with Gasteiger partial charge in [-0.15, -0.1) is 0 Å². The van der Waals surface area contributed by atoms with Gasteiger partial charge in [0.05, 0.1) is 0 Å². The van der Waals surface area contributed by atoms with Crippen LogP contribution in [0.3, 0.4) is 0 Å². The molecule has 18 heavy (non-hydrogen) atoms. The van der Waals surface area contributed by atoms with Crippen LogP contribution in [0.5, 0.6) is 0 Å². The van der Waals surface area contributed by atoms with E-state index in [-0.39, 0.29) is 0 Å². The van der Waals surface area contributed by atoms with E-state index in [1.54, 1.807) is 7.11 Å². The Kier molecular flexibility index (Phi) is 6.18. The average molecular weight is 315 g/mol. The Labute approximate surface area is 115 Å². The van der Waals surface area contributed by atoms with Gasteiger partial charge in [0.15, 0.2) is 0 Å². The van der Waals surface area contributed by atoms with Crippen molar-refractivity contribution in [1.82, 2.24) is 0 Å². The van der Waals surface area contributed by atoms with E-state index in [2.05, 4.69) is 12.1 Å². The summed E-state index contributed by atoms with van der Waals surface area (Å²) in [6, 6.07) is 10.3. The number of ether oxygens (including phenoxy) is 3. The SMILES string of the molecule is COCO[C@@H]1C[Se][C@@H](COCc2ccccc2)C1. The second-order valence-corrected chi connectivity index (χ2v) is 7.18. The molecule has 0 spiro atoms. The quantitative estimate of drug-likeness (QED) is 0.572. The molecule has 2 rings (SSSR count). The first-order valence-electron chi connectivity index (χ1n) is 6.22. The van der Waals surface area contributed by atoms with Crippen molar-refractivity contribution in [2.24, 2.45) is 0 Å². The fraction of sp³-hybridized carbons (Fsp3) is 0.571. The fourth-order valence-corrected chi connectivity index (χ4v) is 4.60. The van der Waals surface area contributed by atoms with E-state index in [0.717, 1.165) is 19.6 Å². The molecule has 1 aromatic rings. The molecule has 0 unspecified atom stereocenters. The van der Waals surface area contributed by atoms with Gasteiger partial charge >= 0.3 is 115 Å². The van der Waals surface area contributed by atoms with Gasteiger partial charge in [-0.05, 0) is 0 Å². The molecular formula is C14H20O3Se. The molecule has 1 heterocycles. The molecular weight excluding hydrogens is 295 g/mol. The van der Waals surface area contributed by atoms with E-state index in [4.69, 9.17) is 14.2 Å². The van der Waals surface area contributed by atoms with Crippen LogP contribution < -0.4 is 0 Å². The molecule has 0 N–H and O–H groups in total. The summed E-state index contributed by atoms with van der Waals surface area (Å²) < 4.78 is 16.3. The van der Waals surface area contributed by atoms with E-state index in [1.807, 2.05) is 18.2 Å². The fourth-order valence-electron chi connectivity index (χ4n) is 1.95. The summed E-state index contributed by atoms with van der Waals surface area (Å²) in [5.74, 6) is 0. The van der Waals surface area contributed by atoms with Crippen molar-refractivity contribution in [3.8, 4) is 0 Å². The summed E-state index contributed by atoms with van der Waals surface area (Å²) in [5, 5.41) is 1.19. The van der Waals surface area contributed by atoms with E-state index in [9.17, 15) is 0 Å². The van der Waals surface area contributed by atoms with Crippen molar-refractivity contribution >= 4 is 15.0 Å². The third kappa shape index (κ3) is 4.71. The molecule has 0 aliphatic carbocycles. The molecule has 2 atom stereocenters. The van der Waals surface area contributed by atoms with Gasteiger partial charge in [0.1, 0.15) is 0 Å². The van der Waals surface area contributed by atoms with Gasteiger partial charge in [-0.1, -0.05) is 0 Å². The zero-order valence-corrected chi connectivity index (χ0v) is 12.4. The predicted molar refractivity (Wildman–Crippen MR) is 71.8 cm³/mol. The molecule has 1 aliphatic heterocycles. The summed E-state index contributed by atoms with van der Waals surface area (Å²) >= 11 is 0.648. The molecule has 100 valence electrons. The molecule has 3 nitrogen and oxygen atoms in total. The normalized spacial score (nSPS) is 23.4. The van der Waals surface area contributed by atoms with Crippen LogP contribution in [0.25, 0.3) is 0 Å². The Bertz CT molecular complexity index is 331. The van der Waals surface area contributed by atoms with Crippen molar-refractivity contribution in [1.29, 1.82) is 0 Å². The third-order valence-corrected chi connectivity index (χ3v) is 5.74. The zero-order valence-electron chi connectivity index (χ0n) is 10.7. The van der Waals surface area contributed by atoms with E-state index < -0.39 is 0 Å². The Morgan fingerprint density at radius 2 is 2.11 bits per heavy atom. The van der Waals surface area contributed by atoms with E-state index in [1.165, 1.54) is 10.9 Å². The molecule has 1 saturated heterocycles. The number of methoxy groups -OCH3 is 1. The first-order valence-corrected chi connectivity index (χ1v) is 8.42. The van der Waals surface area contributed by atoms with Gasteiger partial charge in [-0.3, -0.25) is 0 Å². The molecule has 0 saturated carbocycles. The van der Waals surface area contributed by atoms with E-state index >= 15 is 0 Å². The topological polar surface area (TPSA) is 27.7 Å². The van der Waals surface area contributed by atoms with Crippen LogP contribution in [0, 0.1) is 0 Å². The van der Waals surface area contributed by atoms with Crippen LogP contribution in [0.1, 0.15) is 12.0 Å².